The van der Waals surface area contributed by atoms with E-state index >= 15 is 0 Å². The van der Waals surface area contributed by atoms with Gasteiger partial charge in [0.1, 0.15) is 17.3 Å². The van der Waals surface area contributed by atoms with E-state index in [2.05, 4.69) is 20.7 Å². The highest BCUT2D eigenvalue weighted by Gasteiger charge is 2.36. The number of amides is 2. The predicted octanol–water partition coefficient (Wildman–Crippen LogP) is 5.15. The minimum Gasteiger partial charge on any atom is -0.340 e. The smallest absolute Gasteiger partial charge is 0.271 e. The zero-order valence-corrected chi connectivity index (χ0v) is 19.5. The molecule has 7 nitrogen and oxygen atoms in total. The highest BCUT2D eigenvalue weighted by Crippen LogP contribution is 2.40. The molecule has 4 aromatic rings. The molecule has 2 N–H and O–H groups in total. The maximum Gasteiger partial charge on any atom is 0.271 e. The first kappa shape index (κ1) is 22.9. The number of halogens is 4. The van der Waals surface area contributed by atoms with E-state index in [1.165, 1.54) is 24.3 Å². The van der Waals surface area contributed by atoms with Crippen molar-refractivity contribution in [1.82, 2.24) is 20.1 Å². The maximum absolute atomic E-state index is 14.1. The second-order valence-electron chi connectivity index (χ2n) is 7.90. The number of aromatic nitrogens is 3. The van der Waals surface area contributed by atoms with Gasteiger partial charge in [0.25, 0.3) is 11.8 Å². The summed E-state index contributed by atoms with van der Waals surface area (Å²) in [6.45, 7) is 0. The Hall–Kier alpha value is -3.82. The van der Waals surface area contributed by atoms with Gasteiger partial charge in [0.15, 0.2) is 0 Å². The van der Waals surface area contributed by atoms with E-state index in [1.54, 1.807) is 30.2 Å². The minimum absolute atomic E-state index is 0.0267. The van der Waals surface area contributed by atoms with Crippen LogP contribution in [0.4, 0.5) is 14.5 Å². The molecule has 0 saturated heterocycles. The van der Waals surface area contributed by atoms with Gasteiger partial charge in [0.05, 0.1) is 23.6 Å². The molecule has 2 aromatic carbocycles. The lowest BCUT2D eigenvalue weighted by Crippen LogP contribution is -2.21. The van der Waals surface area contributed by atoms with Crippen LogP contribution in [0.25, 0.3) is 11.3 Å². The summed E-state index contributed by atoms with van der Waals surface area (Å²) in [4.78, 5) is 30.5. The SMILES string of the molecule is Cn1cc(-c2cc(NC(=O)c3cc(F)cc(Cl)c3)c3c(n2)C(=O)NC3c2cc(F)ccc2Cl)cn1. The highest BCUT2D eigenvalue weighted by molar-refractivity contribution is 6.31. The Balaban J connectivity index is 1.67. The number of pyridine rings is 1. The van der Waals surface area contributed by atoms with Crippen LogP contribution in [-0.2, 0) is 7.05 Å². The number of anilines is 1. The molecular formula is C24H15Cl2F2N5O2. The van der Waals surface area contributed by atoms with E-state index < -0.39 is 29.5 Å². The van der Waals surface area contributed by atoms with E-state index in [0.29, 0.717) is 22.4 Å². The van der Waals surface area contributed by atoms with Crippen molar-refractivity contribution in [3.05, 3.63) is 98.9 Å². The molecule has 176 valence electrons. The third-order valence-corrected chi connectivity index (χ3v) is 6.04. The normalized spacial score (nSPS) is 14.5. The minimum atomic E-state index is -0.887. The molecular weight excluding hydrogens is 499 g/mol. The van der Waals surface area contributed by atoms with Gasteiger partial charge >= 0.3 is 0 Å². The quantitative estimate of drug-likeness (QED) is 0.394. The van der Waals surface area contributed by atoms with Gasteiger partial charge in [-0.25, -0.2) is 13.8 Å². The van der Waals surface area contributed by atoms with E-state index in [-0.39, 0.29) is 27.0 Å². The number of nitrogens with one attached hydrogen (secondary N) is 2. The number of aryl methyl sites for hydroxylation is 1. The van der Waals surface area contributed by atoms with Crippen LogP contribution in [0.2, 0.25) is 10.0 Å². The molecule has 2 aromatic heterocycles. The second-order valence-corrected chi connectivity index (χ2v) is 8.75. The molecule has 0 fully saturated rings. The molecule has 0 spiro atoms. The molecule has 1 aliphatic rings. The second kappa shape index (κ2) is 8.75. The number of rotatable bonds is 4. The summed E-state index contributed by atoms with van der Waals surface area (Å²) in [6, 6.07) is 7.88. The predicted molar refractivity (Wildman–Crippen MR) is 127 cm³/mol. The number of fused-ring (bicyclic) bond motifs is 1. The van der Waals surface area contributed by atoms with Gasteiger partial charge in [-0.15, -0.1) is 0 Å². The number of hydrogen-bond donors (Lipinski definition) is 2. The van der Waals surface area contributed by atoms with Gasteiger partial charge in [-0.2, -0.15) is 5.10 Å². The molecule has 11 heteroatoms. The highest BCUT2D eigenvalue weighted by atomic mass is 35.5. The van der Waals surface area contributed by atoms with Gasteiger partial charge in [-0.3, -0.25) is 14.3 Å². The summed E-state index contributed by atoms with van der Waals surface area (Å²) in [5.41, 5.74) is 1.77. The van der Waals surface area contributed by atoms with Gasteiger partial charge in [-0.05, 0) is 42.5 Å². The van der Waals surface area contributed by atoms with Crippen LogP contribution in [0.1, 0.15) is 38.0 Å². The van der Waals surface area contributed by atoms with Gasteiger partial charge < -0.3 is 10.6 Å². The van der Waals surface area contributed by atoms with Crippen LogP contribution in [0.5, 0.6) is 0 Å². The largest absolute Gasteiger partial charge is 0.340 e. The van der Waals surface area contributed by atoms with Crippen molar-refractivity contribution < 1.29 is 18.4 Å². The van der Waals surface area contributed by atoms with Gasteiger partial charge in [-0.1, -0.05) is 23.2 Å². The molecule has 5 rings (SSSR count). The number of benzene rings is 2. The Kier molecular flexibility index (Phi) is 5.74. The topological polar surface area (TPSA) is 88.9 Å². The Labute approximate surface area is 207 Å². The van der Waals surface area contributed by atoms with Crippen LogP contribution in [0.3, 0.4) is 0 Å². The molecule has 0 radical (unpaired) electrons. The fourth-order valence-electron chi connectivity index (χ4n) is 3.95. The third kappa shape index (κ3) is 4.36. The average Bonchev–Trinajstić information content (AvgIpc) is 3.38. The van der Waals surface area contributed by atoms with Crippen molar-refractivity contribution in [3.8, 4) is 11.3 Å². The van der Waals surface area contributed by atoms with Crippen LogP contribution in [-0.4, -0.2) is 26.6 Å². The zero-order chi connectivity index (χ0) is 24.9. The van der Waals surface area contributed by atoms with E-state index in [1.807, 2.05) is 0 Å². The zero-order valence-electron chi connectivity index (χ0n) is 17.9. The molecule has 1 aliphatic heterocycles. The standard InChI is InChI=1S/C24H15Cl2F2N5O2/c1-33-10-12(9-29-33)18-8-19(31-23(34)11-4-13(25)6-15(28)5-11)20-21(32-24(35)22(20)30-18)16-7-14(27)2-3-17(16)26/h2-10,21H,1H3,(H,32,35)(H,30,31,34). The summed E-state index contributed by atoms with van der Waals surface area (Å²) >= 11 is 12.2. The summed E-state index contributed by atoms with van der Waals surface area (Å²) in [5.74, 6) is -2.42. The van der Waals surface area contributed by atoms with Gasteiger partial charge in [0.2, 0.25) is 0 Å². The lowest BCUT2D eigenvalue weighted by Gasteiger charge is -2.18. The molecule has 35 heavy (non-hydrogen) atoms. The monoisotopic (exact) mass is 513 g/mol. The first-order valence-corrected chi connectivity index (χ1v) is 11.0. The molecule has 1 atom stereocenters. The van der Waals surface area contributed by atoms with E-state index in [0.717, 1.165) is 12.1 Å². The fourth-order valence-corrected chi connectivity index (χ4v) is 4.39. The van der Waals surface area contributed by atoms with Crippen molar-refractivity contribution in [1.29, 1.82) is 0 Å². The number of hydrogen-bond acceptors (Lipinski definition) is 4. The number of carbonyl (C=O) groups is 2. The Morgan fingerprint density at radius 3 is 2.63 bits per heavy atom. The molecule has 3 heterocycles. The van der Waals surface area contributed by atoms with Crippen LogP contribution in [0, 0.1) is 11.6 Å². The van der Waals surface area contributed by atoms with E-state index in [9.17, 15) is 18.4 Å². The van der Waals surface area contributed by atoms with Crippen molar-refractivity contribution in [2.75, 3.05) is 5.32 Å². The molecule has 2 amide bonds. The van der Waals surface area contributed by atoms with Crippen molar-refractivity contribution in [3.63, 3.8) is 0 Å². The molecule has 0 bridgehead atoms. The van der Waals surface area contributed by atoms with Gasteiger partial charge in [0, 0.05) is 45.5 Å². The average molecular weight is 514 g/mol. The number of carbonyl (C=O) groups excluding carboxylic acids is 2. The fraction of sp³-hybridized carbons (Fsp3) is 0.0833. The Morgan fingerprint density at radius 1 is 1.11 bits per heavy atom. The third-order valence-electron chi connectivity index (χ3n) is 5.48. The van der Waals surface area contributed by atoms with Crippen molar-refractivity contribution in [2.24, 2.45) is 7.05 Å². The molecule has 0 aliphatic carbocycles. The summed E-state index contributed by atoms with van der Waals surface area (Å²) in [7, 11) is 1.72. The lowest BCUT2D eigenvalue weighted by atomic mass is 9.97. The Morgan fingerprint density at radius 2 is 1.91 bits per heavy atom. The van der Waals surface area contributed by atoms with Crippen LogP contribution >= 0.6 is 23.2 Å². The molecule has 1 unspecified atom stereocenters. The van der Waals surface area contributed by atoms with Crippen LogP contribution in [0.15, 0.2) is 54.9 Å². The maximum atomic E-state index is 14.1. The molecule has 0 saturated carbocycles. The first-order valence-electron chi connectivity index (χ1n) is 10.3. The summed E-state index contributed by atoms with van der Waals surface area (Å²) in [5, 5.41) is 9.86. The Bertz CT molecular complexity index is 1500. The van der Waals surface area contributed by atoms with Crippen molar-refractivity contribution in [2.45, 2.75) is 6.04 Å². The first-order chi connectivity index (χ1) is 16.7. The van der Waals surface area contributed by atoms with Crippen molar-refractivity contribution >= 4 is 40.7 Å². The lowest BCUT2D eigenvalue weighted by molar-refractivity contribution is 0.0955. The number of nitrogens with zero attached hydrogens (tertiary/aromatic N) is 3. The summed E-state index contributed by atoms with van der Waals surface area (Å²) < 4.78 is 29.5. The van der Waals surface area contributed by atoms with E-state index in [4.69, 9.17) is 23.2 Å². The van der Waals surface area contributed by atoms with Crippen LogP contribution < -0.4 is 10.6 Å². The summed E-state index contributed by atoms with van der Waals surface area (Å²) in [6.07, 6.45) is 3.25.